The molecule has 0 aliphatic carbocycles. The van der Waals surface area contributed by atoms with E-state index in [1.807, 2.05) is 7.11 Å². The van der Waals surface area contributed by atoms with Crippen LogP contribution in [-0.2, 0) is 4.74 Å². The quantitative estimate of drug-likeness (QED) is 0.788. The summed E-state index contributed by atoms with van der Waals surface area (Å²) < 4.78 is 5.42. The standard InChI is InChI=1S/C15H30N2O/c1-5-8-16-12-9-13-6-7-14(10-12)17(13)15(2,3)11-18-4/h12-14,16H,5-11H2,1-4H3. The van der Waals surface area contributed by atoms with E-state index in [0.717, 1.165) is 24.7 Å². The second kappa shape index (κ2) is 5.89. The van der Waals surface area contributed by atoms with Gasteiger partial charge in [-0.3, -0.25) is 4.90 Å². The average molecular weight is 254 g/mol. The maximum atomic E-state index is 5.42. The Morgan fingerprint density at radius 3 is 2.33 bits per heavy atom. The summed E-state index contributed by atoms with van der Waals surface area (Å²) in [6.45, 7) is 8.93. The van der Waals surface area contributed by atoms with Crippen LogP contribution in [0.25, 0.3) is 0 Å². The van der Waals surface area contributed by atoms with Crippen LogP contribution in [0, 0.1) is 0 Å². The number of hydrogen-bond acceptors (Lipinski definition) is 3. The fourth-order valence-corrected chi connectivity index (χ4v) is 4.11. The van der Waals surface area contributed by atoms with Crippen molar-refractivity contribution in [2.45, 2.75) is 76.5 Å². The van der Waals surface area contributed by atoms with E-state index in [0.29, 0.717) is 0 Å². The molecule has 2 aliphatic heterocycles. The van der Waals surface area contributed by atoms with Gasteiger partial charge >= 0.3 is 0 Å². The Bertz CT molecular complexity index is 253. The molecular formula is C15H30N2O. The molecule has 18 heavy (non-hydrogen) atoms. The predicted molar refractivity (Wildman–Crippen MR) is 75.9 cm³/mol. The fraction of sp³-hybridized carbons (Fsp3) is 1.00. The highest BCUT2D eigenvalue weighted by molar-refractivity contribution is 5.03. The van der Waals surface area contributed by atoms with Gasteiger partial charge in [0.2, 0.25) is 0 Å². The zero-order chi connectivity index (χ0) is 13.2. The van der Waals surface area contributed by atoms with E-state index in [1.165, 1.54) is 38.6 Å². The molecule has 2 atom stereocenters. The minimum absolute atomic E-state index is 0.191. The molecule has 0 radical (unpaired) electrons. The number of rotatable bonds is 6. The number of fused-ring (bicyclic) bond motifs is 2. The van der Waals surface area contributed by atoms with Gasteiger partial charge in [0.1, 0.15) is 0 Å². The summed E-state index contributed by atoms with van der Waals surface area (Å²) in [4.78, 5) is 2.75. The van der Waals surface area contributed by atoms with Gasteiger partial charge in [0.05, 0.1) is 6.61 Å². The molecule has 0 aromatic rings. The number of nitrogens with zero attached hydrogens (tertiary/aromatic N) is 1. The van der Waals surface area contributed by atoms with Crippen molar-refractivity contribution in [1.29, 1.82) is 0 Å². The lowest BCUT2D eigenvalue weighted by molar-refractivity contribution is -0.0239. The first-order valence-corrected chi connectivity index (χ1v) is 7.59. The number of hydrogen-bond donors (Lipinski definition) is 1. The molecule has 2 fully saturated rings. The maximum Gasteiger partial charge on any atom is 0.0641 e. The molecule has 1 N–H and O–H groups in total. The van der Waals surface area contributed by atoms with Crippen LogP contribution in [0.2, 0.25) is 0 Å². The van der Waals surface area contributed by atoms with Gasteiger partial charge in [0, 0.05) is 30.8 Å². The van der Waals surface area contributed by atoms with E-state index in [9.17, 15) is 0 Å². The first kappa shape index (κ1) is 14.3. The van der Waals surface area contributed by atoms with Crippen molar-refractivity contribution in [2.75, 3.05) is 20.3 Å². The lowest BCUT2D eigenvalue weighted by Crippen LogP contribution is -2.58. The van der Waals surface area contributed by atoms with Crippen LogP contribution in [0.4, 0.5) is 0 Å². The van der Waals surface area contributed by atoms with E-state index >= 15 is 0 Å². The zero-order valence-electron chi connectivity index (χ0n) is 12.5. The molecule has 3 heteroatoms. The van der Waals surface area contributed by atoms with Gasteiger partial charge in [-0.05, 0) is 52.5 Å². The van der Waals surface area contributed by atoms with E-state index in [1.54, 1.807) is 0 Å². The Morgan fingerprint density at radius 2 is 1.83 bits per heavy atom. The molecule has 0 amide bonds. The molecule has 2 saturated heterocycles. The second-order valence-electron chi connectivity index (χ2n) is 6.66. The van der Waals surface area contributed by atoms with Crippen molar-refractivity contribution in [1.82, 2.24) is 10.2 Å². The Morgan fingerprint density at radius 1 is 1.22 bits per heavy atom. The van der Waals surface area contributed by atoms with Gasteiger partial charge < -0.3 is 10.1 Å². The van der Waals surface area contributed by atoms with Gasteiger partial charge in [-0.2, -0.15) is 0 Å². The van der Waals surface area contributed by atoms with Gasteiger partial charge in [-0.15, -0.1) is 0 Å². The molecule has 0 aromatic carbocycles. The van der Waals surface area contributed by atoms with Crippen LogP contribution in [-0.4, -0.2) is 48.8 Å². The highest BCUT2D eigenvalue weighted by Gasteiger charge is 2.46. The zero-order valence-corrected chi connectivity index (χ0v) is 12.5. The monoisotopic (exact) mass is 254 g/mol. The van der Waals surface area contributed by atoms with Crippen LogP contribution in [0.1, 0.15) is 52.9 Å². The summed E-state index contributed by atoms with van der Waals surface area (Å²) in [5.41, 5.74) is 0.191. The topological polar surface area (TPSA) is 24.5 Å². The third-order valence-electron chi connectivity index (χ3n) is 4.61. The van der Waals surface area contributed by atoms with E-state index in [2.05, 4.69) is 31.0 Å². The van der Waals surface area contributed by atoms with Gasteiger partial charge in [0.15, 0.2) is 0 Å². The van der Waals surface area contributed by atoms with E-state index in [4.69, 9.17) is 4.74 Å². The fourth-order valence-electron chi connectivity index (χ4n) is 4.11. The molecular weight excluding hydrogens is 224 g/mol. The minimum Gasteiger partial charge on any atom is -0.383 e. The summed E-state index contributed by atoms with van der Waals surface area (Å²) in [6.07, 6.45) is 6.64. The SMILES string of the molecule is CCCNC1CC2CCC(C1)N2C(C)(C)COC. The number of nitrogens with one attached hydrogen (secondary N) is 1. The molecule has 106 valence electrons. The molecule has 0 saturated carbocycles. The molecule has 3 nitrogen and oxygen atoms in total. The van der Waals surface area contributed by atoms with E-state index in [-0.39, 0.29) is 5.54 Å². The van der Waals surface area contributed by atoms with Crippen molar-refractivity contribution in [2.24, 2.45) is 0 Å². The summed E-state index contributed by atoms with van der Waals surface area (Å²) in [6, 6.07) is 2.28. The van der Waals surface area contributed by atoms with Crippen LogP contribution < -0.4 is 5.32 Å². The van der Waals surface area contributed by atoms with Crippen LogP contribution in [0.3, 0.4) is 0 Å². The number of ether oxygens (including phenoxy) is 1. The Labute approximate surface area is 112 Å². The number of piperidine rings is 1. The summed E-state index contributed by atoms with van der Waals surface area (Å²) in [5, 5.41) is 3.72. The summed E-state index contributed by atoms with van der Waals surface area (Å²) >= 11 is 0. The normalized spacial score (nSPS) is 33.0. The van der Waals surface area contributed by atoms with Crippen molar-refractivity contribution >= 4 is 0 Å². The molecule has 2 bridgehead atoms. The van der Waals surface area contributed by atoms with Gasteiger partial charge in [-0.25, -0.2) is 0 Å². The molecule has 2 unspecified atom stereocenters. The van der Waals surface area contributed by atoms with Gasteiger partial charge in [-0.1, -0.05) is 6.92 Å². The summed E-state index contributed by atoms with van der Waals surface area (Å²) in [7, 11) is 1.82. The number of methoxy groups -OCH3 is 1. The highest BCUT2D eigenvalue weighted by Crippen LogP contribution is 2.40. The van der Waals surface area contributed by atoms with Crippen molar-refractivity contribution in [3.05, 3.63) is 0 Å². The Kier molecular flexibility index (Phi) is 4.68. The smallest absolute Gasteiger partial charge is 0.0641 e. The Balaban J connectivity index is 1.97. The first-order valence-electron chi connectivity index (χ1n) is 7.59. The molecule has 2 rings (SSSR count). The molecule has 0 spiro atoms. The highest BCUT2D eigenvalue weighted by atomic mass is 16.5. The maximum absolute atomic E-state index is 5.42. The molecule has 2 heterocycles. The largest absolute Gasteiger partial charge is 0.383 e. The lowest BCUT2D eigenvalue weighted by Gasteiger charge is -2.48. The van der Waals surface area contributed by atoms with Crippen LogP contribution in [0.15, 0.2) is 0 Å². The van der Waals surface area contributed by atoms with Crippen LogP contribution in [0.5, 0.6) is 0 Å². The summed E-state index contributed by atoms with van der Waals surface area (Å²) in [5.74, 6) is 0. The third-order valence-corrected chi connectivity index (χ3v) is 4.61. The molecule has 0 aromatic heterocycles. The lowest BCUT2D eigenvalue weighted by atomic mass is 9.91. The molecule has 2 aliphatic rings. The van der Waals surface area contributed by atoms with E-state index < -0.39 is 0 Å². The van der Waals surface area contributed by atoms with Crippen molar-refractivity contribution < 1.29 is 4.74 Å². The third kappa shape index (κ3) is 2.89. The first-order chi connectivity index (χ1) is 8.58. The second-order valence-corrected chi connectivity index (χ2v) is 6.66. The Hall–Kier alpha value is -0.120. The van der Waals surface area contributed by atoms with Crippen LogP contribution >= 0.6 is 0 Å². The average Bonchev–Trinajstić information content (AvgIpc) is 2.60. The van der Waals surface area contributed by atoms with Crippen molar-refractivity contribution in [3.63, 3.8) is 0 Å². The van der Waals surface area contributed by atoms with Crippen molar-refractivity contribution in [3.8, 4) is 0 Å². The predicted octanol–water partition coefficient (Wildman–Crippen LogP) is 2.41. The minimum atomic E-state index is 0.191. The van der Waals surface area contributed by atoms with Gasteiger partial charge in [0.25, 0.3) is 0 Å².